The average Bonchev–Trinajstić information content (AvgIpc) is 2.88. The lowest BCUT2D eigenvalue weighted by Gasteiger charge is -2.12. The predicted molar refractivity (Wildman–Crippen MR) is 72.8 cm³/mol. The van der Waals surface area contributed by atoms with Crippen molar-refractivity contribution in [1.82, 2.24) is 20.5 Å². The number of hydrogen-bond acceptors (Lipinski definition) is 3. The van der Waals surface area contributed by atoms with Crippen LogP contribution in [0.15, 0.2) is 30.3 Å². The zero-order valence-corrected chi connectivity index (χ0v) is 11.2. The number of aryl methyl sites for hydroxylation is 1. The third kappa shape index (κ3) is 3.64. The fourth-order valence-electron chi connectivity index (χ4n) is 1.86. The molecule has 0 aliphatic rings. The standard InChI is InChI=1S/C14H18N4O/c1-3-12-16-13(18-17-12)14(19)15-10(2)9-11-7-5-4-6-8-11/h4-8,10H,3,9H2,1-2H3,(H,15,19)(H,16,17,18). The van der Waals surface area contributed by atoms with Gasteiger partial charge in [0.2, 0.25) is 5.82 Å². The van der Waals surface area contributed by atoms with Gasteiger partial charge < -0.3 is 5.32 Å². The van der Waals surface area contributed by atoms with E-state index in [0.29, 0.717) is 0 Å². The Kier molecular flexibility index (Phi) is 4.28. The minimum atomic E-state index is -0.237. The molecule has 0 saturated heterocycles. The Morgan fingerprint density at radius 1 is 1.37 bits per heavy atom. The van der Waals surface area contributed by atoms with Crippen LogP contribution in [-0.2, 0) is 12.8 Å². The van der Waals surface area contributed by atoms with Gasteiger partial charge >= 0.3 is 0 Å². The molecule has 1 aromatic heterocycles. The SMILES string of the molecule is CCc1nc(C(=O)NC(C)Cc2ccccc2)n[nH]1. The molecule has 2 N–H and O–H groups in total. The van der Waals surface area contributed by atoms with Crippen molar-refractivity contribution in [3.05, 3.63) is 47.5 Å². The number of H-pyrrole nitrogens is 1. The second kappa shape index (κ2) is 6.13. The Balaban J connectivity index is 1.91. The summed E-state index contributed by atoms with van der Waals surface area (Å²) in [6.45, 7) is 3.93. The summed E-state index contributed by atoms with van der Waals surface area (Å²) in [6.07, 6.45) is 1.53. The molecule has 2 aromatic rings. The monoisotopic (exact) mass is 258 g/mol. The van der Waals surface area contributed by atoms with Crippen LogP contribution in [-0.4, -0.2) is 27.1 Å². The molecule has 0 saturated carbocycles. The number of nitrogens with one attached hydrogen (secondary N) is 2. The van der Waals surface area contributed by atoms with Crippen LogP contribution in [0.5, 0.6) is 0 Å². The first-order valence-corrected chi connectivity index (χ1v) is 6.45. The molecule has 5 nitrogen and oxygen atoms in total. The van der Waals surface area contributed by atoms with Crippen LogP contribution in [0.4, 0.5) is 0 Å². The molecule has 0 bridgehead atoms. The Morgan fingerprint density at radius 2 is 2.11 bits per heavy atom. The van der Waals surface area contributed by atoms with Crippen LogP contribution in [0, 0.1) is 0 Å². The highest BCUT2D eigenvalue weighted by molar-refractivity contribution is 5.90. The molecular formula is C14H18N4O. The maximum Gasteiger partial charge on any atom is 0.291 e. The Hall–Kier alpha value is -2.17. The number of rotatable bonds is 5. The van der Waals surface area contributed by atoms with Gasteiger partial charge in [-0.25, -0.2) is 4.98 Å². The zero-order valence-electron chi connectivity index (χ0n) is 11.2. The Bertz CT molecular complexity index is 535. The first-order chi connectivity index (χ1) is 9.19. The van der Waals surface area contributed by atoms with Gasteiger partial charge in [-0.05, 0) is 18.9 Å². The van der Waals surface area contributed by atoms with Crippen LogP contribution >= 0.6 is 0 Å². The molecule has 5 heteroatoms. The Labute approximate surface area is 112 Å². The summed E-state index contributed by atoms with van der Waals surface area (Å²) in [5.74, 6) is 0.692. The van der Waals surface area contributed by atoms with Gasteiger partial charge in [0, 0.05) is 12.5 Å². The zero-order chi connectivity index (χ0) is 13.7. The van der Waals surface area contributed by atoms with E-state index in [1.165, 1.54) is 5.56 Å². The van der Waals surface area contributed by atoms with Gasteiger partial charge in [0.25, 0.3) is 5.91 Å². The molecule has 0 aliphatic carbocycles. The van der Waals surface area contributed by atoms with Crippen LogP contribution in [0.2, 0.25) is 0 Å². The van der Waals surface area contributed by atoms with E-state index in [-0.39, 0.29) is 17.8 Å². The maximum atomic E-state index is 11.9. The highest BCUT2D eigenvalue weighted by atomic mass is 16.2. The predicted octanol–water partition coefficient (Wildman–Crippen LogP) is 1.73. The smallest absolute Gasteiger partial charge is 0.291 e. The molecule has 0 radical (unpaired) electrons. The number of carbonyl (C=O) groups excluding carboxylic acids is 1. The number of hydrogen-bond donors (Lipinski definition) is 2. The van der Waals surface area contributed by atoms with E-state index >= 15 is 0 Å². The number of amides is 1. The molecule has 1 aromatic carbocycles. The summed E-state index contributed by atoms with van der Waals surface area (Å²) < 4.78 is 0. The second-order valence-electron chi connectivity index (χ2n) is 4.52. The van der Waals surface area contributed by atoms with E-state index in [4.69, 9.17) is 0 Å². The van der Waals surface area contributed by atoms with Crippen molar-refractivity contribution in [3.63, 3.8) is 0 Å². The van der Waals surface area contributed by atoms with Crippen molar-refractivity contribution < 1.29 is 4.79 Å². The lowest BCUT2D eigenvalue weighted by Crippen LogP contribution is -2.34. The Morgan fingerprint density at radius 3 is 2.74 bits per heavy atom. The third-order valence-corrected chi connectivity index (χ3v) is 2.83. The van der Waals surface area contributed by atoms with Crippen LogP contribution in [0.1, 0.15) is 35.9 Å². The van der Waals surface area contributed by atoms with Gasteiger partial charge in [0.1, 0.15) is 5.82 Å². The van der Waals surface area contributed by atoms with Gasteiger partial charge in [-0.3, -0.25) is 9.89 Å². The molecule has 2 rings (SSSR count). The summed E-state index contributed by atoms with van der Waals surface area (Å²) in [6, 6.07) is 10.1. The topological polar surface area (TPSA) is 70.7 Å². The molecular weight excluding hydrogens is 240 g/mol. The first kappa shape index (κ1) is 13.3. The number of benzene rings is 1. The summed E-state index contributed by atoms with van der Waals surface area (Å²) in [5, 5.41) is 9.53. The van der Waals surface area contributed by atoms with Crippen molar-refractivity contribution in [2.75, 3.05) is 0 Å². The number of carbonyl (C=O) groups is 1. The summed E-state index contributed by atoms with van der Waals surface area (Å²) in [4.78, 5) is 16.0. The third-order valence-electron chi connectivity index (χ3n) is 2.83. The summed E-state index contributed by atoms with van der Waals surface area (Å²) in [7, 11) is 0. The fourth-order valence-corrected chi connectivity index (χ4v) is 1.86. The molecule has 100 valence electrons. The van der Waals surface area contributed by atoms with Crippen molar-refractivity contribution in [2.45, 2.75) is 32.7 Å². The summed E-state index contributed by atoms with van der Waals surface area (Å²) >= 11 is 0. The van der Waals surface area contributed by atoms with E-state index in [0.717, 1.165) is 18.7 Å². The van der Waals surface area contributed by atoms with Crippen molar-refractivity contribution in [1.29, 1.82) is 0 Å². The number of aromatic amines is 1. The largest absolute Gasteiger partial charge is 0.346 e. The van der Waals surface area contributed by atoms with Gasteiger partial charge in [0.05, 0.1) is 0 Å². The van der Waals surface area contributed by atoms with Gasteiger partial charge in [-0.15, -0.1) is 5.10 Å². The lowest BCUT2D eigenvalue weighted by atomic mass is 10.1. The summed E-state index contributed by atoms with van der Waals surface area (Å²) in [5.41, 5.74) is 1.19. The second-order valence-corrected chi connectivity index (χ2v) is 4.52. The van der Waals surface area contributed by atoms with E-state index in [9.17, 15) is 4.79 Å². The van der Waals surface area contributed by atoms with Crippen molar-refractivity contribution >= 4 is 5.91 Å². The molecule has 1 heterocycles. The minimum absolute atomic E-state index is 0.0403. The van der Waals surface area contributed by atoms with Crippen LogP contribution in [0.25, 0.3) is 0 Å². The average molecular weight is 258 g/mol. The molecule has 0 fully saturated rings. The molecule has 1 amide bonds. The maximum absolute atomic E-state index is 11.9. The first-order valence-electron chi connectivity index (χ1n) is 6.45. The van der Waals surface area contributed by atoms with Gasteiger partial charge in [-0.2, -0.15) is 0 Å². The van der Waals surface area contributed by atoms with E-state index in [1.54, 1.807) is 0 Å². The van der Waals surface area contributed by atoms with Gasteiger partial charge in [0.15, 0.2) is 0 Å². The van der Waals surface area contributed by atoms with Gasteiger partial charge in [-0.1, -0.05) is 37.3 Å². The quantitative estimate of drug-likeness (QED) is 0.858. The number of aromatic nitrogens is 3. The lowest BCUT2D eigenvalue weighted by molar-refractivity contribution is 0.0930. The fraction of sp³-hybridized carbons (Fsp3) is 0.357. The van der Waals surface area contributed by atoms with E-state index in [2.05, 4.69) is 20.5 Å². The molecule has 1 atom stereocenters. The minimum Gasteiger partial charge on any atom is -0.346 e. The molecule has 0 aliphatic heterocycles. The molecule has 1 unspecified atom stereocenters. The van der Waals surface area contributed by atoms with E-state index in [1.807, 2.05) is 44.2 Å². The van der Waals surface area contributed by atoms with Crippen LogP contribution in [0.3, 0.4) is 0 Å². The normalized spacial score (nSPS) is 12.1. The van der Waals surface area contributed by atoms with Crippen molar-refractivity contribution in [2.24, 2.45) is 0 Å². The highest BCUT2D eigenvalue weighted by Gasteiger charge is 2.14. The molecule has 19 heavy (non-hydrogen) atoms. The number of nitrogens with zero attached hydrogens (tertiary/aromatic N) is 2. The molecule has 0 spiro atoms. The van der Waals surface area contributed by atoms with Crippen LogP contribution < -0.4 is 5.32 Å². The van der Waals surface area contributed by atoms with E-state index < -0.39 is 0 Å². The highest BCUT2D eigenvalue weighted by Crippen LogP contribution is 2.03. The van der Waals surface area contributed by atoms with Crippen molar-refractivity contribution in [3.8, 4) is 0 Å².